The van der Waals surface area contributed by atoms with Crippen LogP contribution in [0.4, 0.5) is 0 Å². The van der Waals surface area contributed by atoms with Gasteiger partial charge in [-0.15, -0.1) is 0 Å². The van der Waals surface area contributed by atoms with Gasteiger partial charge in [-0.25, -0.2) is 0 Å². The lowest BCUT2D eigenvalue weighted by Crippen LogP contribution is -2.11. The highest BCUT2D eigenvalue weighted by atomic mass is 35.5. The van der Waals surface area contributed by atoms with Crippen molar-refractivity contribution >= 4 is 11.6 Å². The number of rotatable bonds is 0. The van der Waals surface area contributed by atoms with Crippen LogP contribution in [0.3, 0.4) is 0 Å². The summed E-state index contributed by atoms with van der Waals surface area (Å²) >= 11 is 5.44. The molecule has 2 nitrogen and oxygen atoms in total. The van der Waals surface area contributed by atoms with Gasteiger partial charge in [-0.05, 0) is 6.08 Å². The standard InChI is InChI=1S/C5H5ClNO/c6-4-1-2-7-3-5(4)8/h1,7-8H,2H2. The molecule has 0 saturated heterocycles. The molecule has 2 N–H and O–H groups in total. The number of halogens is 1. The summed E-state index contributed by atoms with van der Waals surface area (Å²) in [4.78, 5) is 0. The van der Waals surface area contributed by atoms with Gasteiger partial charge >= 0.3 is 0 Å². The Bertz CT molecular complexity index is 133. The molecule has 0 amide bonds. The molecule has 0 bridgehead atoms. The van der Waals surface area contributed by atoms with Crippen LogP contribution in [0, 0.1) is 6.20 Å². The third-order valence-electron chi connectivity index (χ3n) is 0.816. The molecule has 1 heterocycles. The van der Waals surface area contributed by atoms with Gasteiger partial charge in [0.15, 0.2) is 5.76 Å². The molecular weight excluding hydrogens is 126 g/mol. The average Bonchev–Trinajstić information content (AvgIpc) is 1.77. The monoisotopic (exact) mass is 130 g/mol. The molecule has 0 aliphatic carbocycles. The molecule has 0 fully saturated rings. The Morgan fingerprint density at radius 3 is 3.00 bits per heavy atom. The fourth-order valence-electron chi connectivity index (χ4n) is 0.432. The summed E-state index contributed by atoms with van der Waals surface area (Å²) < 4.78 is 0. The van der Waals surface area contributed by atoms with Crippen molar-refractivity contribution in [3.8, 4) is 0 Å². The number of hydrogen-bond donors (Lipinski definition) is 2. The van der Waals surface area contributed by atoms with Crippen LogP contribution in [0.25, 0.3) is 0 Å². The molecule has 1 rings (SSSR count). The molecule has 0 aromatic rings. The Hall–Kier alpha value is -0.630. The van der Waals surface area contributed by atoms with Crippen molar-refractivity contribution in [3.05, 3.63) is 23.1 Å². The van der Waals surface area contributed by atoms with E-state index in [1.807, 2.05) is 0 Å². The Balaban J connectivity index is 2.73. The van der Waals surface area contributed by atoms with Crippen LogP contribution in [0.5, 0.6) is 0 Å². The zero-order valence-corrected chi connectivity index (χ0v) is 4.87. The van der Waals surface area contributed by atoms with E-state index < -0.39 is 0 Å². The summed E-state index contributed by atoms with van der Waals surface area (Å²) in [6.45, 7) is 0.642. The van der Waals surface area contributed by atoms with Gasteiger partial charge in [0.2, 0.25) is 0 Å². The topological polar surface area (TPSA) is 32.3 Å². The molecule has 1 aliphatic rings. The van der Waals surface area contributed by atoms with Crippen LogP contribution in [0.15, 0.2) is 16.9 Å². The predicted molar refractivity (Wildman–Crippen MR) is 31.3 cm³/mol. The Morgan fingerprint density at radius 2 is 2.62 bits per heavy atom. The van der Waals surface area contributed by atoms with E-state index >= 15 is 0 Å². The first-order valence-electron chi connectivity index (χ1n) is 2.21. The predicted octanol–water partition coefficient (Wildman–Crippen LogP) is 0.915. The van der Waals surface area contributed by atoms with Crippen molar-refractivity contribution in [2.24, 2.45) is 0 Å². The summed E-state index contributed by atoms with van der Waals surface area (Å²) in [5.74, 6) is -0.0158. The molecule has 0 aromatic heterocycles. The van der Waals surface area contributed by atoms with Crippen LogP contribution in [0.1, 0.15) is 0 Å². The SMILES string of the molecule is OC1=[C]NCC=C1Cl. The van der Waals surface area contributed by atoms with Crippen molar-refractivity contribution in [2.75, 3.05) is 6.54 Å². The lowest BCUT2D eigenvalue weighted by atomic mass is 10.4. The lowest BCUT2D eigenvalue weighted by Gasteiger charge is -2.03. The van der Waals surface area contributed by atoms with E-state index in [1.165, 1.54) is 0 Å². The minimum Gasteiger partial charge on any atom is -0.504 e. The third-order valence-corrected chi connectivity index (χ3v) is 1.15. The maximum Gasteiger partial charge on any atom is 0.159 e. The molecule has 3 heteroatoms. The number of aliphatic hydroxyl groups is 1. The van der Waals surface area contributed by atoms with Gasteiger partial charge < -0.3 is 10.4 Å². The van der Waals surface area contributed by atoms with Crippen molar-refractivity contribution in [3.63, 3.8) is 0 Å². The van der Waals surface area contributed by atoms with Gasteiger partial charge in [0, 0.05) is 6.54 Å². The highest BCUT2D eigenvalue weighted by Gasteiger charge is 2.01. The molecule has 1 aliphatic heterocycles. The van der Waals surface area contributed by atoms with Gasteiger partial charge in [0.1, 0.15) is 6.20 Å². The van der Waals surface area contributed by atoms with E-state index in [4.69, 9.17) is 16.7 Å². The van der Waals surface area contributed by atoms with E-state index in [-0.39, 0.29) is 5.76 Å². The van der Waals surface area contributed by atoms with Gasteiger partial charge in [-0.2, -0.15) is 0 Å². The number of allylic oxidation sites excluding steroid dienone is 1. The number of dihydropyridines is 1. The second-order valence-electron chi connectivity index (χ2n) is 1.41. The van der Waals surface area contributed by atoms with E-state index in [2.05, 4.69) is 11.5 Å². The lowest BCUT2D eigenvalue weighted by molar-refractivity contribution is 0.417. The fraction of sp³-hybridized carbons (Fsp3) is 0.200. The average molecular weight is 131 g/mol. The van der Waals surface area contributed by atoms with E-state index in [9.17, 15) is 0 Å². The molecule has 0 atom stereocenters. The smallest absolute Gasteiger partial charge is 0.159 e. The van der Waals surface area contributed by atoms with Crippen LogP contribution in [0.2, 0.25) is 0 Å². The highest BCUT2D eigenvalue weighted by molar-refractivity contribution is 6.31. The zero-order chi connectivity index (χ0) is 5.98. The Morgan fingerprint density at radius 1 is 1.88 bits per heavy atom. The molecule has 0 spiro atoms. The Labute approximate surface area is 52.5 Å². The molecule has 0 saturated carbocycles. The third kappa shape index (κ3) is 0.954. The Kier molecular flexibility index (Phi) is 1.44. The van der Waals surface area contributed by atoms with Gasteiger partial charge in [0.25, 0.3) is 0 Å². The normalized spacial score (nSPS) is 18.6. The molecule has 0 aromatic carbocycles. The molecule has 8 heavy (non-hydrogen) atoms. The van der Waals surface area contributed by atoms with Crippen LogP contribution in [-0.2, 0) is 0 Å². The molecular formula is C5H5ClNO. The minimum absolute atomic E-state index is 0.0158. The first-order valence-corrected chi connectivity index (χ1v) is 2.59. The van der Waals surface area contributed by atoms with E-state index in [0.29, 0.717) is 11.6 Å². The largest absolute Gasteiger partial charge is 0.504 e. The highest BCUT2D eigenvalue weighted by Crippen LogP contribution is 2.11. The van der Waals surface area contributed by atoms with E-state index in [1.54, 1.807) is 6.08 Å². The summed E-state index contributed by atoms with van der Waals surface area (Å²) in [7, 11) is 0. The molecule has 0 unspecified atom stereocenters. The van der Waals surface area contributed by atoms with E-state index in [0.717, 1.165) is 0 Å². The summed E-state index contributed by atoms with van der Waals surface area (Å²) in [6.07, 6.45) is 4.13. The van der Waals surface area contributed by atoms with Crippen LogP contribution >= 0.6 is 11.6 Å². The quantitative estimate of drug-likeness (QED) is 0.511. The number of aliphatic hydroxyl groups excluding tert-OH is 1. The summed E-state index contributed by atoms with van der Waals surface area (Å²) in [6, 6.07) is 0. The maximum absolute atomic E-state index is 8.72. The van der Waals surface area contributed by atoms with Crippen molar-refractivity contribution in [1.29, 1.82) is 0 Å². The zero-order valence-electron chi connectivity index (χ0n) is 4.11. The number of nitrogens with one attached hydrogen (secondary N) is 1. The second kappa shape index (κ2) is 2.09. The summed E-state index contributed by atoms with van der Waals surface area (Å²) in [5, 5.41) is 11.8. The van der Waals surface area contributed by atoms with Crippen molar-refractivity contribution in [2.45, 2.75) is 0 Å². The van der Waals surface area contributed by atoms with Crippen LogP contribution < -0.4 is 5.32 Å². The summed E-state index contributed by atoms with van der Waals surface area (Å²) in [5.41, 5.74) is 0. The van der Waals surface area contributed by atoms with Gasteiger partial charge in [-0.1, -0.05) is 11.6 Å². The number of hydrogen-bond acceptors (Lipinski definition) is 2. The minimum atomic E-state index is -0.0158. The fourth-order valence-corrected chi connectivity index (χ4v) is 0.556. The first-order chi connectivity index (χ1) is 3.80. The van der Waals surface area contributed by atoms with Crippen molar-refractivity contribution < 1.29 is 5.11 Å². The van der Waals surface area contributed by atoms with Gasteiger partial charge in [-0.3, -0.25) is 0 Å². The van der Waals surface area contributed by atoms with Crippen molar-refractivity contribution in [1.82, 2.24) is 5.32 Å². The van der Waals surface area contributed by atoms with Gasteiger partial charge in [0.05, 0.1) is 5.03 Å². The van der Waals surface area contributed by atoms with Crippen LogP contribution in [-0.4, -0.2) is 11.7 Å². The first kappa shape index (κ1) is 5.51. The molecule has 1 radical (unpaired) electrons. The molecule has 43 valence electrons. The maximum atomic E-state index is 8.72. The second-order valence-corrected chi connectivity index (χ2v) is 1.81.